The molecule has 2 aromatic heterocycles. The molecule has 28 heavy (non-hydrogen) atoms. The summed E-state index contributed by atoms with van der Waals surface area (Å²) < 4.78 is 7.98. The minimum absolute atomic E-state index is 0. The van der Waals surface area contributed by atoms with E-state index in [1.54, 1.807) is 0 Å². The first kappa shape index (κ1) is 22.3. The van der Waals surface area contributed by atoms with Gasteiger partial charge in [0.05, 0.1) is 14.1 Å². The third-order valence-corrected chi connectivity index (χ3v) is 4.39. The summed E-state index contributed by atoms with van der Waals surface area (Å²) in [6.45, 7) is 0. The van der Waals surface area contributed by atoms with Gasteiger partial charge in [0.15, 0.2) is 5.78 Å². The Morgan fingerprint density at radius 3 is 1.32 bits per heavy atom. The van der Waals surface area contributed by atoms with E-state index in [1.807, 2.05) is 118 Å². The van der Waals surface area contributed by atoms with E-state index < -0.39 is 0 Å². The molecular weight excluding hydrogens is 578 g/mol. The van der Waals surface area contributed by atoms with E-state index in [4.69, 9.17) is 0 Å². The van der Waals surface area contributed by atoms with Gasteiger partial charge < -0.3 is 48.0 Å². The number of nitrogens with zero attached hydrogens (tertiary/aromatic N) is 4. The van der Waals surface area contributed by atoms with Crippen LogP contribution in [0.5, 0.6) is 0 Å². The van der Waals surface area contributed by atoms with E-state index in [0.717, 1.165) is 11.4 Å². The summed E-state index contributed by atoms with van der Waals surface area (Å²) in [6, 6.07) is 15.3. The lowest BCUT2D eigenvalue weighted by molar-refractivity contribution is -0.670. The summed E-state index contributed by atoms with van der Waals surface area (Å²) in [5.41, 5.74) is 3.42. The molecule has 0 aliphatic heterocycles. The predicted molar refractivity (Wildman–Crippen MR) is 97.3 cm³/mol. The van der Waals surface area contributed by atoms with Crippen molar-refractivity contribution in [2.24, 2.45) is 14.1 Å². The van der Waals surface area contributed by atoms with Gasteiger partial charge in [-0.25, -0.2) is 18.3 Å². The fraction of sp³-hybridized carbons (Fsp3) is 0.0952. The van der Waals surface area contributed by atoms with Gasteiger partial charge >= 0.3 is 0 Å². The van der Waals surface area contributed by atoms with E-state index in [9.17, 15) is 4.79 Å². The quantitative estimate of drug-likeness (QED) is 0.135. The predicted octanol–water partition coefficient (Wildman–Crippen LogP) is -3.84. The second-order valence-electron chi connectivity index (χ2n) is 6.40. The van der Waals surface area contributed by atoms with Crippen LogP contribution in [-0.4, -0.2) is 14.9 Å². The van der Waals surface area contributed by atoms with E-state index in [2.05, 4.69) is 0 Å². The summed E-state index contributed by atoms with van der Waals surface area (Å²) in [4.78, 5) is 12.7. The van der Waals surface area contributed by atoms with Crippen LogP contribution in [0, 0.1) is 0 Å². The molecule has 0 aliphatic carbocycles. The second-order valence-corrected chi connectivity index (χ2v) is 6.40. The number of benzene rings is 2. The number of aryl methyl sites for hydroxylation is 2. The summed E-state index contributed by atoms with van der Waals surface area (Å²) in [6.07, 6.45) is 11.9. The Bertz CT molecular complexity index is 981. The third kappa shape index (κ3) is 4.69. The fourth-order valence-corrected chi connectivity index (χ4v) is 2.94. The molecular formula is C21H20I2N4O. The van der Waals surface area contributed by atoms with Crippen LogP contribution in [0.3, 0.4) is 0 Å². The number of ketones is 1. The van der Waals surface area contributed by atoms with E-state index in [0.29, 0.717) is 11.1 Å². The van der Waals surface area contributed by atoms with Gasteiger partial charge in [0, 0.05) is 11.1 Å². The van der Waals surface area contributed by atoms with E-state index in [-0.39, 0.29) is 53.7 Å². The second kappa shape index (κ2) is 9.46. The van der Waals surface area contributed by atoms with Gasteiger partial charge in [-0.05, 0) is 48.5 Å². The van der Waals surface area contributed by atoms with Crippen LogP contribution in [0.4, 0.5) is 0 Å². The number of hydrogen-bond acceptors (Lipinski definition) is 1. The van der Waals surface area contributed by atoms with Crippen molar-refractivity contribution in [1.82, 2.24) is 9.13 Å². The molecule has 7 heteroatoms. The highest BCUT2D eigenvalue weighted by atomic mass is 127. The molecule has 0 bridgehead atoms. The molecule has 0 saturated carbocycles. The average Bonchev–Trinajstić information content (AvgIpc) is 3.30. The highest BCUT2D eigenvalue weighted by Crippen LogP contribution is 2.15. The molecule has 0 radical (unpaired) electrons. The lowest BCUT2D eigenvalue weighted by Gasteiger charge is -2.03. The monoisotopic (exact) mass is 598 g/mol. The Labute approximate surface area is 198 Å². The topological polar surface area (TPSA) is 34.7 Å². The van der Waals surface area contributed by atoms with Crippen LogP contribution in [0.25, 0.3) is 11.4 Å². The van der Waals surface area contributed by atoms with Crippen molar-refractivity contribution in [2.45, 2.75) is 0 Å². The standard InChI is InChI=1S/C21H20N4O.2HI/c1-22-11-13-24(15-22)19-7-3-17(4-8-19)21(26)18-5-9-20(10-6-18)25-14-12-23(2)16-25;;/h3-16H,1-2H3;2*1H/q+2;;/p-2. The SMILES string of the molecule is C[n+]1ccn(-c2ccc(C(=O)c3ccc(-n4cc[n+](C)c4)cc3)cc2)c1.[I-].[I-]. The molecule has 0 saturated heterocycles. The molecule has 144 valence electrons. The van der Waals surface area contributed by atoms with Gasteiger partial charge in [0.1, 0.15) is 36.2 Å². The minimum atomic E-state index is 0. The normalized spacial score (nSPS) is 10.1. The Hall–Kier alpha value is -2.01. The summed E-state index contributed by atoms with van der Waals surface area (Å²) in [5, 5.41) is 0. The Morgan fingerprint density at radius 2 is 1.04 bits per heavy atom. The number of imidazole rings is 2. The maximum Gasteiger partial charge on any atom is 0.248 e. The molecule has 0 fully saturated rings. The van der Waals surface area contributed by atoms with Crippen molar-refractivity contribution in [3.8, 4) is 11.4 Å². The first-order chi connectivity index (χ1) is 12.6. The minimum Gasteiger partial charge on any atom is -1.00 e. The van der Waals surface area contributed by atoms with Crippen molar-refractivity contribution < 1.29 is 61.9 Å². The van der Waals surface area contributed by atoms with Crippen molar-refractivity contribution in [2.75, 3.05) is 0 Å². The first-order valence-corrected chi connectivity index (χ1v) is 8.42. The number of carbonyl (C=O) groups is 1. The summed E-state index contributed by atoms with van der Waals surface area (Å²) in [7, 11) is 3.96. The maximum absolute atomic E-state index is 12.7. The lowest BCUT2D eigenvalue weighted by atomic mass is 10.0. The van der Waals surface area contributed by atoms with Gasteiger partial charge in [0.25, 0.3) is 0 Å². The zero-order chi connectivity index (χ0) is 18.1. The van der Waals surface area contributed by atoms with Crippen molar-refractivity contribution in [3.05, 3.63) is 97.1 Å². The van der Waals surface area contributed by atoms with E-state index in [1.165, 1.54) is 0 Å². The van der Waals surface area contributed by atoms with Crippen LogP contribution in [0.2, 0.25) is 0 Å². The van der Waals surface area contributed by atoms with Gasteiger partial charge in [-0.3, -0.25) is 4.79 Å². The smallest absolute Gasteiger partial charge is 0.248 e. The number of rotatable bonds is 4. The molecule has 5 nitrogen and oxygen atoms in total. The molecule has 0 aliphatic rings. The zero-order valence-corrected chi connectivity index (χ0v) is 19.9. The average molecular weight is 598 g/mol. The largest absolute Gasteiger partial charge is 1.00 e. The molecule has 4 aromatic rings. The van der Waals surface area contributed by atoms with Gasteiger partial charge in [-0.15, -0.1) is 0 Å². The number of carbonyl (C=O) groups excluding carboxylic acids is 1. The van der Waals surface area contributed by atoms with Crippen LogP contribution >= 0.6 is 0 Å². The van der Waals surface area contributed by atoms with Gasteiger partial charge in [-0.2, -0.15) is 0 Å². The Morgan fingerprint density at radius 1 is 0.679 bits per heavy atom. The molecule has 0 N–H and O–H groups in total. The van der Waals surface area contributed by atoms with Crippen molar-refractivity contribution in [1.29, 1.82) is 0 Å². The van der Waals surface area contributed by atoms with Gasteiger partial charge in [-0.1, -0.05) is 0 Å². The molecule has 4 rings (SSSR count). The molecule has 0 amide bonds. The van der Waals surface area contributed by atoms with Crippen LogP contribution < -0.4 is 57.1 Å². The maximum atomic E-state index is 12.7. The number of hydrogen-bond donors (Lipinski definition) is 0. The van der Waals surface area contributed by atoms with E-state index >= 15 is 0 Å². The summed E-state index contributed by atoms with van der Waals surface area (Å²) >= 11 is 0. The van der Waals surface area contributed by atoms with Crippen molar-refractivity contribution in [3.63, 3.8) is 0 Å². The van der Waals surface area contributed by atoms with Crippen LogP contribution in [0.15, 0.2) is 86.0 Å². The Balaban J connectivity index is 0.00000140. The molecule has 2 aromatic carbocycles. The highest BCUT2D eigenvalue weighted by molar-refractivity contribution is 6.09. The highest BCUT2D eigenvalue weighted by Gasteiger charge is 2.12. The molecule has 0 unspecified atom stereocenters. The number of aromatic nitrogens is 4. The molecule has 2 heterocycles. The first-order valence-electron chi connectivity index (χ1n) is 8.42. The third-order valence-electron chi connectivity index (χ3n) is 4.39. The summed E-state index contributed by atoms with van der Waals surface area (Å²) in [5.74, 6) is 0.0271. The molecule has 0 atom stereocenters. The van der Waals surface area contributed by atoms with Crippen LogP contribution in [-0.2, 0) is 14.1 Å². The molecule has 0 spiro atoms. The zero-order valence-electron chi connectivity index (χ0n) is 15.5. The van der Waals surface area contributed by atoms with Crippen LogP contribution in [0.1, 0.15) is 15.9 Å². The van der Waals surface area contributed by atoms with Gasteiger partial charge in [0.2, 0.25) is 12.7 Å². The lowest BCUT2D eigenvalue weighted by Crippen LogP contribution is -3.00. The number of halogens is 2. The fourth-order valence-electron chi connectivity index (χ4n) is 2.94. The Kier molecular flexibility index (Phi) is 7.53. The van der Waals surface area contributed by atoms with Crippen molar-refractivity contribution >= 4 is 5.78 Å².